The van der Waals surface area contributed by atoms with Gasteiger partial charge in [0.1, 0.15) is 37.6 Å². The molecule has 2 N–H and O–H groups in total. The molecule has 24 heteroatoms. The summed E-state index contributed by atoms with van der Waals surface area (Å²) >= 11 is 0. The Balaban J connectivity index is 0.912. The van der Waals surface area contributed by atoms with Gasteiger partial charge in [-0.25, -0.2) is 9.59 Å². The van der Waals surface area contributed by atoms with Crippen LogP contribution in [0.25, 0.3) is 0 Å². The SMILES string of the molecule is C=CCOc1c(OCCOCCOCCOCCNC(=O)COc2c(C(=O)OC)ccc(C(=O)OC)c2OCC(=O)NCCOCCOCCOCCOc2cccc(C3OCCO3)c2OCC=C)cccc1C1OCCO1. The van der Waals surface area contributed by atoms with Crippen LogP contribution in [0, 0.1) is 0 Å². The molecule has 0 atom stereocenters. The Morgan fingerprint density at radius 3 is 1.15 bits per heavy atom. The molecule has 0 bridgehead atoms. The van der Waals surface area contributed by atoms with Crippen molar-refractivity contribution in [1.29, 1.82) is 0 Å². The lowest BCUT2D eigenvalue weighted by Gasteiger charge is -2.18. The van der Waals surface area contributed by atoms with E-state index >= 15 is 0 Å². The van der Waals surface area contributed by atoms with Crippen LogP contribution in [-0.2, 0) is 66.4 Å². The number of nitrogens with one attached hydrogen (secondary N) is 2. The van der Waals surface area contributed by atoms with Crippen molar-refractivity contribution in [3.8, 4) is 34.5 Å². The first-order valence-electron chi connectivity index (χ1n) is 25.3. The van der Waals surface area contributed by atoms with Gasteiger partial charge in [0, 0.05) is 13.1 Å². The molecule has 2 saturated heterocycles. The van der Waals surface area contributed by atoms with Gasteiger partial charge in [-0.1, -0.05) is 37.4 Å². The second-order valence-electron chi connectivity index (χ2n) is 16.1. The molecule has 3 aromatic carbocycles. The van der Waals surface area contributed by atoms with Crippen molar-refractivity contribution >= 4 is 23.8 Å². The van der Waals surface area contributed by atoms with E-state index in [1.807, 2.05) is 24.3 Å². The Morgan fingerprint density at radius 2 is 0.808 bits per heavy atom. The fourth-order valence-electron chi connectivity index (χ4n) is 7.13. The van der Waals surface area contributed by atoms with Crippen molar-refractivity contribution in [1.82, 2.24) is 10.6 Å². The van der Waals surface area contributed by atoms with E-state index in [1.165, 1.54) is 12.1 Å². The maximum atomic E-state index is 12.8. The molecule has 78 heavy (non-hydrogen) atoms. The summed E-state index contributed by atoms with van der Waals surface area (Å²) < 4.78 is 101. The molecule has 0 aromatic heterocycles. The fraction of sp³-hybridized carbons (Fsp3) is 0.519. The van der Waals surface area contributed by atoms with E-state index in [2.05, 4.69) is 23.8 Å². The number of carbonyl (C=O) groups excluding carboxylic acids is 4. The lowest BCUT2D eigenvalue weighted by Crippen LogP contribution is -2.33. The van der Waals surface area contributed by atoms with Crippen LogP contribution in [0.1, 0.15) is 44.4 Å². The lowest BCUT2D eigenvalue weighted by molar-refractivity contribution is -0.124. The van der Waals surface area contributed by atoms with Gasteiger partial charge in [0.25, 0.3) is 11.8 Å². The molecule has 0 aliphatic carbocycles. The Morgan fingerprint density at radius 1 is 0.462 bits per heavy atom. The van der Waals surface area contributed by atoms with Crippen molar-refractivity contribution < 1.29 is 104 Å². The molecule has 2 aliphatic rings. The Labute approximate surface area is 453 Å². The van der Waals surface area contributed by atoms with Gasteiger partial charge in [-0.05, 0) is 36.4 Å². The quantitative estimate of drug-likeness (QED) is 0.0465. The first-order valence-corrected chi connectivity index (χ1v) is 25.3. The van der Waals surface area contributed by atoms with E-state index in [4.69, 9.17) is 85.3 Å². The van der Waals surface area contributed by atoms with Gasteiger partial charge in [-0.2, -0.15) is 0 Å². The number of esters is 2. The molecule has 2 amide bonds. The standard InChI is InChI=1S/C54H72N2O22/c1-5-17-71-47-41(53-73-33-34-74-53)9-7-11-43(47)69-31-29-67-27-25-65-23-21-63-19-15-55-45(57)37-77-49-39(51(59)61-3)13-14-40(52(60)62-4)50(49)78-38-46(58)56-16-20-64-22-24-66-26-28-68-30-32-70-44-12-8-10-42(48(44)72-18-6-2)54-75-35-36-76-54/h5-14,53-54H,1-2,15-38H2,3-4H3,(H,55,57)(H,56,58). The van der Waals surface area contributed by atoms with Crippen molar-refractivity contribution in [2.24, 2.45) is 0 Å². The van der Waals surface area contributed by atoms with Gasteiger partial charge >= 0.3 is 11.9 Å². The average molecular weight is 1100 g/mol. The summed E-state index contributed by atoms with van der Waals surface area (Å²) in [5.41, 5.74) is 1.14. The van der Waals surface area contributed by atoms with E-state index in [0.717, 1.165) is 25.3 Å². The number of para-hydroxylation sites is 2. The zero-order valence-electron chi connectivity index (χ0n) is 44.3. The second-order valence-corrected chi connectivity index (χ2v) is 16.1. The van der Waals surface area contributed by atoms with E-state index in [0.29, 0.717) is 102 Å². The van der Waals surface area contributed by atoms with Gasteiger partial charge in [0.15, 0.2) is 60.3 Å². The molecule has 0 spiro atoms. The highest BCUT2D eigenvalue weighted by molar-refractivity contribution is 5.99. The third kappa shape index (κ3) is 21.7. The van der Waals surface area contributed by atoms with Crippen LogP contribution >= 0.6 is 0 Å². The minimum atomic E-state index is -0.855. The number of amides is 2. The second kappa shape index (κ2) is 37.3. The Hall–Kier alpha value is -6.58. The lowest BCUT2D eigenvalue weighted by atomic mass is 10.1. The molecular weight excluding hydrogens is 1030 g/mol. The summed E-state index contributed by atoms with van der Waals surface area (Å²) in [5.74, 6) is -1.35. The maximum Gasteiger partial charge on any atom is 0.341 e. The Bertz CT molecular complexity index is 2130. The molecule has 2 aliphatic heterocycles. The molecule has 24 nitrogen and oxygen atoms in total. The summed E-state index contributed by atoms with van der Waals surface area (Å²) in [6.45, 7) is 12.9. The number of benzene rings is 3. The topological polar surface area (TPSA) is 258 Å². The number of ether oxygens (including phenoxy) is 18. The molecule has 430 valence electrons. The zero-order chi connectivity index (χ0) is 55.4. The van der Waals surface area contributed by atoms with Gasteiger partial charge in [-0.15, -0.1) is 0 Å². The predicted octanol–water partition coefficient (Wildman–Crippen LogP) is 3.73. The first-order chi connectivity index (χ1) is 38.3. The molecule has 5 rings (SSSR count). The summed E-state index contributed by atoms with van der Waals surface area (Å²) in [6, 6.07) is 13.5. The molecule has 2 fully saturated rings. The molecule has 0 unspecified atom stereocenters. The molecule has 0 radical (unpaired) electrons. The minimum Gasteiger partial charge on any atom is -0.487 e. The Kier molecular flexibility index (Phi) is 29.8. The number of hydrogen-bond acceptors (Lipinski definition) is 22. The third-order valence-corrected chi connectivity index (χ3v) is 10.7. The predicted molar refractivity (Wildman–Crippen MR) is 276 cm³/mol. The number of methoxy groups -OCH3 is 2. The molecule has 2 heterocycles. The minimum absolute atomic E-state index is 0.118. The first kappa shape index (κ1) is 62.3. The zero-order valence-corrected chi connectivity index (χ0v) is 44.3. The normalized spacial score (nSPS) is 13.4. The van der Waals surface area contributed by atoms with Crippen LogP contribution in [0.15, 0.2) is 73.8 Å². The largest absolute Gasteiger partial charge is 0.487 e. The number of carbonyl (C=O) groups is 4. The van der Waals surface area contributed by atoms with Gasteiger partial charge < -0.3 is 95.9 Å². The van der Waals surface area contributed by atoms with Crippen LogP contribution in [0.5, 0.6) is 34.5 Å². The third-order valence-electron chi connectivity index (χ3n) is 10.7. The van der Waals surface area contributed by atoms with Crippen LogP contribution in [0.4, 0.5) is 0 Å². The van der Waals surface area contributed by atoms with Crippen LogP contribution in [-0.4, -0.2) is 196 Å². The van der Waals surface area contributed by atoms with Crippen molar-refractivity contribution in [2.45, 2.75) is 12.6 Å². The smallest absolute Gasteiger partial charge is 0.341 e. The van der Waals surface area contributed by atoms with Crippen molar-refractivity contribution in [2.75, 3.05) is 173 Å². The van der Waals surface area contributed by atoms with Crippen molar-refractivity contribution in [3.63, 3.8) is 0 Å². The van der Waals surface area contributed by atoms with E-state index in [9.17, 15) is 19.2 Å². The molecule has 0 saturated carbocycles. The van der Waals surface area contributed by atoms with Crippen LogP contribution in [0.3, 0.4) is 0 Å². The summed E-state index contributed by atoms with van der Waals surface area (Å²) in [6.07, 6.45) is 2.24. The number of hydrogen-bond donors (Lipinski definition) is 2. The summed E-state index contributed by atoms with van der Waals surface area (Å²) in [7, 11) is 2.28. The van der Waals surface area contributed by atoms with Crippen molar-refractivity contribution in [3.05, 3.63) is 96.1 Å². The van der Waals surface area contributed by atoms with Gasteiger partial charge in [0.2, 0.25) is 0 Å². The number of rotatable bonds is 42. The van der Waals surface area contributed by atoms with E-state index in [-0.39, 0.29) is 88.6 Å². The highest BCUT2D eigenvalue weighted by Crippen LogP contribution is 2.40. The monoisotopic (exact) mass is 1100 g/mol. The maximum absolute atomic E-state index is 12.8. The molecular formula is C54H72N2O22. The summed E-state index contributed by atoms with van der Waals surface area (Å²) in [4.78, 5) is 51.1. The average Bonchev–Trinajstić information content (AvgIpc) is 4.23. The summed E-state index contributed by atoms with van der Waals surface area (Å²) in [5, 5.41) is 5.29. The molecule has 3 aromatic rings. The fourth-order valence-corrected chi connectivity index (χ4v) is 7.13. The van der Waals surface area contributed by atoms with E-state index in [1.54, 1.807) is 24.3 Å². The highest BCUT2D eigenvalue weighted by atomic mass is 16.7. The van der Waals surface area contributed by atoms with Gasteiger partial charge in [0.05, 0.1) is 131 Å². The van der Waals surface area contributed by atoms with E-state index < -0.39 is 49.5 Å². The van der Waals surface area contributed by atoms with Crippen LogP contribution in [0.2, 0.25) is 0 Å². The highest BCUT2D eigenvalue weighted by Gasteiger charge is 2.28. The van der Waals surface area contributed by atoms with Gasteiger partial charge in [-0.3, -0.25) is 9.59 Å². The van der Waals surface area contributed by atoms with Crippen LogP contribution < -0.4 is 39.1 Å².